The number of hydrogen-bond donors (Lipinski definition) is 1. The molecule has 14 heavy (non-hydrogen) atoms. The van der Waals surface area contributed by atoms with Crippen LogP contribution in [0.2, 0.25) is 0 Å². The molecule has 0 saturated heterocycles. The van der Waals surface area contributed by atoms with E-state index in [-0.39, 0.29) is 6.42 Å². The maximum Gasteiger partial charge on any atom is 0.338 e. The van der Waals surface area contributed by atoms with Crippen LogP contribution in [0.15, 0.2) is 18.2 Å². The standard InChI is InChI=1S/C10H11NO3/c1-14-10(13)9-3-2-8(11)6-7(9)4-5-12/h2-3,5-6H,4,11H2,1H3. The van der Waals surface area contributed by atoms with E-state index in [0.29, 0.717) is 16.8 Å². The Morgan fingerprint density at radius 3 is 2.86 bits per heavy atom. The highest BCUT2D eigenvalue weighted by Gasteiger charge is 2.10. The summed E-state index contributed by atoms with van der Waals surface area (Å²) >= 11 is 0. The number of hydrogen-bond acceptors (Lipinski definition) is 4. The molecule has 0 unspecified atom stereocenters. The van der Waals surface area contributed by atoms with Crippen LogP contribution in [0.5, 0.6) is 0 Å². The van der Waals surface area contributed by atoms with Crippen molar-refractivity contribution >= 4 is 17.9 Å². The first-order chi connectivity index (χ1) is 6.69. The lowest BCUT2D eigenvalue weighted by molar-refractivity contribution is -0.107. The van der Waals surface area contributed by atoms with Crippen LogP contribution in [-0.4, -0.2) is 19.4 Å². The van der Waals surface area contributed by atoms with E-state index in [9.17, 15) is 9.59 Å². The molecule has 0 bridgehead atoms. The highest BCUT2D eigenvalue weighted by molar-refractivity contribution is 5.92. The first-order valence-corrected chi connectivity index (χ1v) is 4.09. The largest absolute Gasteiger partial charge is 0.465 e. The maximum absolute atomic E-state index is 11.2. The Morgan fingerprint density at radius 2 is 2.29 bits per heavy atom. The summed E-state index contributed by atoms with van der Waals surface area (Å²) in [4.78, 5) is 21.6. The van der Waals surface area contributed by atoms with Crippen molar-refractivity contribution in [3.8, 4) is 0 Å². The van der Waals surface area contributed by atoms with Crippen molar-refractivity contribution in [1.29, 1.82) is 0 Å². The van der Waals surface area contributed by atoms with E-state index in [1.54, 1.807) is 18.2 Å². The third-order valence-corrected chi connectivity index (χ3v) is 1.84. The van der Waals surface area contributed by atoms with Crippen molar-refractivity contribution in [2.24, 2.45) is 0 Å². The molecule has 0 aliphatic carbocycles. The normalized spacial score (nSPS) is 9.50. The van der Waals surface area contributed by atoms with Gasteiger partial charge in [0.1, 0.15) is 6.29 Å². The van der Waals surface area contributed by atoms with Crippen LogP contribution < -0.4 is 5.73 Å². The van der Waals surface area contributed by atoms with Crippen molar-refractivity contribution in [2.45, 2.75) is 6.42 Å². The van der Waals surface area contributed by atoms with Crippen LogP contribution in [0.4, 0.5) is 5.69 Å². The molecule has 0 atom stereocenters. The number of anilines is 1. The van der Waals surface area contributed by atoms with Crippen molar-refractivity contribution in [3.05, 3.63) is 29.3 Å². The van der Waals surface area contributed by atoms with Crippen LogP contribution >= 0.6 is 0 Å². The number of carbonyl (C=O) groups excluding carboxylic acids is 2. The van der Waals surface area contributed by atoms with E-state index in [1.165, 1.54) is 7.11 Å². The molecule has 0 spiro atoms. The third-order valence-electron chi connectivity index (χ3n) is 1.84. The Balaban J connectivity index is 3.13. The van der Waals surface area contributed by atoms with Crippen LogP contribution in [0.3, 0.4) is 0 Å². The van der Waals surface area contributed by atoms with E-state index in [4.69, 9.17) is 5.73 Å². The highest BCUT2D eigenvalue weighted by atomic mass is 16.5. The first kappa shape index (κ1) is 10.2. The van der Waals surface area contributed by atoms with Crippen molar-refractivity contribution < 1.29 is 14.3 Å². The quantitative estimate of drug-likeness (QED) is 0.438. The Labute approximate surface area is 81.7 Å². The van der Waals surface area contributed by atoms with Gasteiger partial charge in [-0.3, -0.25) is 0 Å². The van der Waals surface area contributed by atoms with Crippen molar-refractivity contribution in [1.82, 2.24) is 0 Å². The van der Waals surface area contributed by atoms with Gasteiger partial charge in [-0.2, -0.15) is 0 Å². The van der Waals surface area contributed by atoms with Crippen LogP contribution in [0.1, 0.15) is 15.9 Å². The molecule has 4 heteroatoms. The summed E-state index contributed by atoms with van der Waals surface area (Å²) in [6, 6.07) is 4.75. The average Bonchev–Trinajstić information content (AvgIpc) is 2.17. The van der Waals surface area contributed by atoms with Gasteiger partial charge in [-0.05, 0) is 23.8 Å². The monoisotopic (exact) mass is 193 g/mol. The molecule has 0 saturated carbocycles. The van der Waals surface area contributed by atoms with E-state index in [0.717, 1.165) is 6.29 Å². The molecular weight excluding hydrogens is 182 g/mol. The lowest BCUT2D eigenvalue weighted by atomic mass is 10.0. The molecule has 0 amide bonds. The Bertz CT molecular complexity index is 360. The fraction of sp³-hybridized carbons (Fsp3) is 0.200. The second-order valence-corrected chi connectivity index (χ2v) is 2.78. The molecule has 0 aliphatic heterocycles. The van der Waals surface area contributed by atoms with Gasteiger partial charge in [-0.25, -0.2) is 4.79 Å². The summed E-state index contributed by atoms with van der Waals surface area (Å²) < 4.78 is 4.57. The molecule has 1 aromatic carbocycles. The lowest BCUT2D eigenvalue weighted by Crippen LogP contribution is -2.06. The number of esters is 1. The SMILES string of the molecule is COC(=O)c1ccc(N)cc1CC=O. The van der Waals surface area contributed by atoms with Gasteiger partial charge in [0.05, 0.1) is 12.7 Å². The van der Waals surface area contributed by atoms with Gasteiger partial charge in [0.2, 0.25) is 0 Å². The summed E-state index contributed by atoms with van der Waals surface area (Å²) in [7, 11) is 1.30. The summed E-state index contributed by atoms with van der Waals surface area (Å²) in [5.74, 6) is -0.457. The maximum atomic E-state index is 11.2. The van der Waals surface area contributed by atoms with Gasteiger partial charge < -0.3 is 15.3 Å². The second-order valence-electron chi connectivity index (χ2n) is 2.78. The summed E-state index contributed by atoms with van der Waals surface area (Å²) in [5.41, 5.74) is 7.03. The highest BCUT2D eigenvalue weighted by Crippen LogP contribution is 2.14. The van der Waals surface area contributed by atoms with Gasteiger partial charge in [-0.15, -0.1) is 0 Å². The number of ether oxygens (including phenoxy) is 1. The van der Waals surface area contributed by atoms with Crippen LogP contribution in [0, 0.1) is 0 Å². The van der Waals surface area contributed by atoms with Gasteiger partial charge in [0, 0.05) is 12.1 Å². The number of methoxy groups -OCH3 is 1. The molecule has 0 aliphatic rings. The predicted molar refractivity (Wildman–Crippen MR) is 52.0 cm³/mol. The second kappa shape index (κ2) is 4.41. The Morgan fingerprint density at radius 1 is 1.57 bits per heavy atom. The molecular formula is C10H11NO3. The van der Waals surface area contributed by atoms with Gasteiger partial charge >= 0.3 is 5.97 Å². The summed E-state index contributed by atoms with van der Waals surface area (Å²) in [6.45, 7) is 0. The molecule has 0 aromatic heterocycles. The minimum atomic E-state index is -0.457. The molecule has 74 valence electrons. The lowest BCUT2D eigenvalue weighted by Gasteiger charge is -2.05. The molecule has 1 rings (SSSR count). The molecule has 0 heterocycles. The van der Waals surface area contributed by atoms with Crippen LogP contribution in [0.25, 0.3) is 0 Å². The fourth-order valence-electron chi connectivity index (χ4n) is 1.18. The minimum Gasteiger partial charge on any atom is -0.465 e. The topological polar surface area (TPSA) is 69.4 Å². The molecule has 1 aromatic rings. The number of benzene rings is 1. The molecule has 4 nitrogen and oxygen atoms in total. The number of nitrogen functional groups attached to an aromatic ring is 1. The fourth-order valence-corrected chi connectivity index (χ4v) is 1.18. The Kier molecular flexibility index (Phi) is 3.23. The smallest absolute Gasteiger partial charge is 0.338 e. The minimum absolute atomic E-state index is 0.162. The molecule has 0 radical (unpaired) electrons. The van der Waals surface area contributed by atoms with E-state index in [2.05, 4.69) is 4.74 Å². The van der Waals surface area contributed by atoms with Crippen LogP contribution in [-0.2, 0) is 16.0 Å². The summed E-state index contributed by atoms with van der Waals surface area (Å²) in [5, 5.41) is 0. The zero-order valence-electron chi connectivity index (χ0n) is 7.82. The molecule has 0 fully saturated rings. The van der Waals surface area contributed by atoms with Crippen molar-refractivity contribution in [2.75, 3.05) is 12.8 Å². The predicted octanol–water partition coefficient (Wildman–Crippen LogP) is 0.797. The number of aldehydes is 1. The van der Waals surface area contributed by atoms with Gasteiger partial charge in [0.15, 0.2) is 0 Å². The van der Waals surface area contributed by atoms with Gasteiger partial charge in [-0.1, -0.05) is 0 Å². The zero-order chi connectivity index (χ0) is 10.6. The van der Waals surface area contributed by atoms with Gasteiger partial charge in [0.25, 0.3) is 0 Å². The van der Waals surface area contributed by atoms with E-state index >= 15 is 0 Å². The number of rotatable bonds is 3. The number of carbonyl (C=O) groups is 2. The van der Waals surface area contributed by atoms with Crippen molar-refractivity contribution in [3.63, 3.8) is 0 Å². The third kappa shape index (κ3) is 2.10. The molecule has 2 N–H and O–H groups in total. The summed E-state index contributed by atoms with van der Waals surface area (Å²) in [6.07, 6.45) is 0.886. The van der Waals surface area contributed by atoms with E-state index < -0.39 is 5.97 Å². The first-order valence-electron chi connectivity index (χ1n) is 4.09. The van der Waals surface area contributed by atoms with E-state index in [1.807, 2.05) is 0 Å². The Hall–Kier alpha value is -1.84. The number of nitrogens with two attached hydrogens (primary N) is 1. The average molecular weight is 193 g/mol. The zero-order valence-corrected chi connectivity index (χ0v) is 7.82.